The molecular formula is C24H16N4O2S. The number of para-hydroxylation sites is 1. The summed E-state index contributed by atoms with van der Waals surface area (Å²) in [6.45, 7) is 0. The van der Waals surface area contributed by atoms with E-state index in [0.29, 0.717) is 32.7 Å². The highest BCUT2D eigenvalue weighted by molar-refractivity contribution is 7.71. The predicted molar refractivity (Wildman–Crippen MR) is 125 cm³/mol. The molecule has 0 aliphatic carbocycles. The Bertz CT molecular complexity index is 1580. The molecule has 0 aliphatic heterocycles. The molecule has 150 valence electrons. The lowest BCUT2D eigenvalue weighted by Crippen LogP contribution is -2.20. The van der Waals surface area contributed by atoms with Gasteiger partial charge in [-0.15, -0.1) is 5.11 Å². The topological polar surface area (TPSA) is 82.7 Å². The summed E-state index contributed by atoms with van der Waals surface area (Å²) in [6, 6.07) is 25.2. The maximum atomic E-state index is 12.9. The summed E-state index contributed by atoms with van der Waals surface area (Å²) in [5.74, 6) is 0.205. The quantitative estimate of drug-likeness (QED) is 0.262. The second kappa shape index (κ2) is 7.62. The lowest BCUT2D eigenvalue weighted by Gasteiger charge is -2.08. The fourth-order valence-corrected chi connectivity index (χ4v) is 3.84. The van der Waals surface area contributed by atoms with Crippen LogP contribution in [-0.4, -0.2) is 14.7 Å². The van der Waals surface area contributed by atoms with Gasteiger partial charge in [-0.05, 0) is 60.7 Å². The van der Waals surface area contributed by atoms with Gasteiger partial charge in [-0.1, -0.05) is 36.4 Å². The second-order valence-electron chi connectivity index (χ2n) is 6.98. The van der Waals surface area contributed by atoms with E-state index in [-0.39, 0.29) is 11.3 Å². The summed E-state index contributed by atoms with van der Waals surface area (Å²) in [6.07, 6.45) is 0. The van der Waals surface area contributed by atoms with Crippen LogP contribution in [0.5, 0.6) is 5.75 Å². The minimum absolute atomic E-state index is 0.177. The fraction of sp³-hybridized carbons (Fsp3) is 0. The van der Waals surface area contributed by atoms with Crippen LogP contribution in [0.1, 0.15) is 0 Å². The molecule has 0 amide bonds. The number of nitrogens with zero attached hydrogens (tertiary/aromatic N) is 3. The maximum absolute atomic E-state index is 12.9. The minimum atomic E-state index is -0.177. The number of fused-ring (bicyclic) bond motifs is 2. The van der Waals surface area contributed by atoms with Crippen LogP contribution in [0, 0.1) is 4.77 Å². The fourth-order valence-electron chi connectivity index (χ4n) is 3.54. The van der Waals surface area contributed by atoms with Crippen molar-refractivity contribution in [2.24, 2.45) is 10.2 Å². The van der Waals surface area contributed by atoms with E-state index in [9.17, 15) is 9.90 Å². The molecule has 1 heterocycles. The smallest absolute Gasteiger partial charge is 0.266 e. The first-order chi connectivity index (χ1) is 15.1. The van der Waals surface area contributed by atoms with Gasteiger partial charge in [-0.2, -0.15) is 5.11 Å². The van der Waals surface area contributed by atoms with E-state index in [1.54, 1.807) is 42.5 Å². The highest BCUT2D eigenvalue weighted by Crippen LogP contribution is 2.32. The largest absolute Gasteiger partial charge is 0.507 e. The zero-order chi connectivity index (χ0) is 21.4. The summed E-state index contributed by atoms with van der Waals surface area (Å²) >= 11 is 5.40. The van der Waals surface area contributed by atoms with Gasteiger partial charge in [0.1, 0.15) is 5.75 Å². The molecule has 0 unspecified atom stereocenters. The van der Waals surface area contributed by atoms with Crippen LogP contribution in [0.25, 0.3) is 27.4 Å². The molecule has 0 saturated carbocycles. The van der Waals surface area contributed by atoms with E-state index in [2.05, 4.69) is 15.2 Å². The molecule has 5 rings (SSSR count). The zero-order valence-electron chi connectivity index (χ0n) is 16.2. The van der Waals surface area contributed by atoms with Crippen LogP contribution in [0.15, 0.2) is 100.0 Å². The monoisotopic (exact) mass is 424 g/mol. The average molecular weight is 424 g/mol. The molecule has 0 radical (unpaired) electrons. The highest BCUT2D eigenvalue weighted by Gasteiger charge is 2.07. The molecule has 0 aliphatic rings. The Morgan fingerprint density at radius 1 is 0.774 bits per heavy atom. The van der Waals surface area contributed by atoms with E-state index in [1.807, 2.05) is 42.5 Å². The first kappa shape index (κ1) is 18.9. The van der Waals surface area contributed by atoms with E-state index < -0.39 is 0 Å². The third kappa shape index (κ3) is 3.41. The minimum Gasteiger partial charge on any atom is -0.507 e. The number of aromatic hydroxyl groups is 1. The number of azo groups is 1. The van der Waals surface area contributed by atoms with E-state index in [0.717, 1.165) is 10.8 Å². The summed E-state index contributed by atoms with van der Waals surface area (Å²) in [5, 5.41) is 20.8. The third-order valence-electron chi connectivity index (χ3n) is 5.06. The molecule has 6 nitrogen and oxygen atoms in total. The normalized spacial score (nSPS) is 11.5. The average Bonchev–Trinajstić information content (AvgIpc) is 2.79. The Kier molecular flexibility index (Phi) is 4.65. The van der Waals surface area contributed by atoms with Crippen molar-refractivity contribution >= 4 is 45.3 Å². The van der Waals surface area contributed by atoms with Crippen molar-refractivity contribution in [3.05, 3.63) is 100 Å². The van der Waals surface area contributed by atoms with Gasteiger partial charge in [0.25, 0.3) is 5.56 Å². The number of benzene rings is 4. The number of aromatic amines is 1. The van der Waals surface area contributed by atoms with Crippen molar-refractivity contribution < 1.29 is 5.11 Å². The van der Waals surface area contributed by atoms with Crippen LogP contribution >= 0.6 is 12.2 Å². The molecule has 2 N–H and O–H groups in total. The Morgan fingerprint density at radius 3 is 2.32 bits per heavy atom. The van der Waals surface area contributed by atoms with Crippen LogP contribution in [0.4, 0.5) is 11.4 Å². The number of H-pyrrole nitrogens is 1. The predicted octanol–water partition coefficient (Wildman–Crippen LogP) is 6.32. The standard InChI is InChI=1S/C24H16N4O2S/c29-22-10-4-6-17-18(22)7-3-9-21(17)27-26-15-11-13-16(14-12-15)28-23(30)19-5-1-2-8-20(19)25-24(28)31/h1-14,29H,(H,25,31). The van der Waals surface area contributed by atoms with Gasteiger partial charge in [0.2, 0.25) is 0 Å². The van der Waals surface area contributed by atoms with Gasteiger partial charge in [0.15, 0.2) is 4.77 Å². The highest BCUT2D eigenvalue weighted by atomic mass is 32.1. The number of phenolic OH excluding ortho intramolecular Hbond substituents is 1. The molecule has 1 aromatic heterocycles. The summed E-state index contributed by atoms with van der Waals surface area (Å²) in [7, 11) is 0. The molecule has 31 heavy (non-hydrogen) atoms. The molecule has 0 atom stereocenters. The van der Waals surface area contributed by atoms with Crippen molar-refractivity contribution in [2.75, 3.05) is 0 Å². The lowest BCUT2D eigenvalue weighted by molar-refractivity contribution is 0.481. The zero-order valence-corrected chi connectivity index (χ0v) is 17.0. The number of hydrogen-bond acceptors (Lipinski definition) is 5. The van der Waals surface area contributed by atoms with Crippen LogP contribution in [0.2, 0.25) is 0 Å². The van der Waals surface area contributed by atoms with E-state index in [4.69, 9.17) is 12.2 Å². The van der Waals surface area contributed by atoms with Crippen molar-refractivity contribution in [2.45, 2.75) is 0 Å². The first-order valence-corrected chi connectivity index (χ1v) is 9.99. The Morgan fingerprint density at radius 2 is 1.48 bits per heavy atom. The molecule has 0 fully saturated rings. The summed E-state index contributed by atoms with van der Waals surface area (Å²) < 4.78 is 1.79. The van der Waals surface area contributed by atoms with Gasteiger partial charge >= 0.3 is 0 Å². The van der Waals surface area contributed by atoms with Crippen LogP contribution in [0.3, 0.4) is 0 Å². The first-order valence-electron chi connectivity index (χ1n) is 9.59. The number of nitrogens with one attached hydrogen (secondary N) is 1. The van der Waals surface area contributed by atoms with Gasteiger partial charge in [0.05, 0.1) is 28.0 Å². The van der Waals surface area contributed by atoms with E-state index in [1.165, 1.54) is 4.57 Å². The number of hydrogen-bond donors (Lipinski definition) is 2. The SMILES string of the molecule is O=c1c2ccccc2[nH]c(=S)n1-c1ccc(N=Nc2cccc3c(O)cccc23)cc1. The van der Waals surface area contributed by atoms with Crippen molar-refractivity contribution in [3.8, 4) is 11.4 Å². The van der Waals surface area contributed by atoms with Crippen LogP contribution < -0.4 is 5.56 Å². The Labute approximate surface area is 181 Å². The lowest BCUT2D eigenvalue weighted by atomic mass is 10.1. The van der Waals surface area contributed by atoms with Crippen molar-refractivity contribution in [1.82, 2.24) is 9.55 Å². The maximum Gasteiger partial charge on any atom is 0.266 e. The molecule has 0 saturated heterocycles. The Balaban J connectivity index is 1.51. The molecular weight excluding hydrogens is 408 g/mol. The molecule has 5 aromatic rings. The Hall–Kier alpha value is -4.10. The molecule has 7 heteroatoms. The molecule has 0 bridgehead atoms. The number of aromatic nitrogens is 2. The van der Waals surface area contributed by atoms with Gasteiger partial charge < -0.3 is 10.1 Å². The number of phenols is 1. The van der Waals surface area contributed by atoms with E-state index >= 15 is 0 Å². The van der Waals surface area contributed by atoms with Gasteiger partial charge in [-0.25, -0.2) is 0 Å². The molecule has 0 spiro atoms. The van der Waals surface area contributed by atoms with Gasteiger partial charge in [-0.3, -0.25) is 9.36 Å². The summed E-state index contributed by atoms with van der Waals surface area (Å²) in [4.78, 5) is 16.0. The van der Waals surface area contributed by atoms with Crippen molar-refractivity contribution in [3.63, 3.8) is 0 Å². The van der Waals surface area contributed by atoms with Crippen molar-refractivity contribution in [1.29, 1.82) is 0 Å². The second-order valence-corrected chi connectivity index (χ2v) is 7.37. The van der Waals surface area contributed by atoms with Gasteiger partial charge in [0, 0.05) is 10.8 Å². The molecule has 4 aromatic carbocycles. The number of rotatable bonds is 3. The van der Waals surface area contributed by atoms with Crippen LogP contribution in [-0.2, 0) is 0 Å². The summed E-state index contributed by atoms with van der Waals surface area (Å²) in [5.41, 5.74) is 2.46. The third-order valence-corrected chi connectivity index (χ3v) is 5.35.